The number of nitrogens with zero attached hydrogens (tertiary/aromatic N) is 1. The number of nitrogens with one attached hydrogen (secondary N) is 2. The monoisotopic (exact) mass is 525 g/mol. The van der Waals surface area contributed by atoms with Crippen LogP contribution in [-0.4, -0.2) is 15.9 Å². The molecule has 9 heteroatoms. The molecular weight excluding hydrogens is 510 g/mol. The summed E-state index contributed by atoms with van der Waals surface area (Å²) < 4.78 is 38.5. The van der Waals surface area contributed by atoms with E-state index in [0.717, 1.165) is 23.2 Å². The number of para-hydroxylation sites is 2. The normalized spacial score (nSPS) is 11.6. The minimum absolute atomic E-state index is 0.163. The molecule has 5 aromatic rings. The Kier molecular flexibility index (Phi) is 6.20. The Morgan fingerprint density at radius 3 is 2.25 bits per heavy atom. The molecule has 180 valence electrons. The number of carbonyl (C=O) groups excluding carboxylic acids is 1. The highest BCUT2D eigenvalue weighted by Crippen LogP contribution is 2.33. The van der Waals surface area contributed by atoms with Gasteiger partial charge in [0.25, 0.3) is 5.91 Å². The van der Waals surface area contributed by atoms with Crippen molar-refractivity contribution in [3.05, 3.63) is 106 Å². The summed E-state index contributed by atoms with van der Waals surface area (Å²) >= 11 is 12.8. The van der Waals surface area contributed by atoms with Crippen LogP contribution >= 0.6 is 23.2 Å². The molecule has 0 bridgehead atoms. The van der Waals surface area contributed by atoms with Crippen LogP contribution in [-0.2, 0) is 6.18 Å². The molecule has 5 rings (SSSR count). The van der Waals surface area contributed by atoms with E-state index in [0.29, 0.717) is 33.2 Å². The Morgan fingerprint density at radius 2 is 1.56 bits per heavy atom. The molecule has 0 aliphatic carbocycles. The number of aromatic nitrogens is 2. The zero-order valence-corrected chi connectivity index (χ0v) is 19.8. The molecule has 0 saturated heterocycles. The lowest BCUT2D eigenvalue weighted by Crippen LogP contribution is -2.12. The number of benzene rings is 4. The number of hydrogen-bond donors (Lipinski definition) is 2. The van der Waals surface area contributed by atoms with Crippen LogP contribution in [0.15, 0.2) is 84.9 Å². The first-order valence-electron chi connectivity index (χ1n) is 10.7. The quantitative estimate of drug-likeness (QED) is 0.247. The molecular formula is C27H16Cl2F3N3O. The summed E-state index contributed by atoms with van der Waals surface area (Å²) in [5.41, 5.74) is 3.37. The molecule has 0 aliphatic rings. The largest absolute Gasteiger partial charge is 0.416 e. The van der Waals surface area contributed by atoms with Crippen molar-refractivity contribution in [2.45, 2.75) is 6.18 Å². The molecule has 4 aromatic carbocycles. The SMILES string of the molecule is O=C(Nc1ccc(Cl)c(-c2nc3ccccc3[nH]2)c1)c1ccc(-c2ccc(C(F)(F)F)cc2)cc1Cl. The number of anilines is 1. The highest BCUT2D eigenvalue weighted by atomic mass is 35.5. The van der Waals surface area contributed by atoms with E-state index in [4.69, 9.17) is 23.2 Å². The van der Waals surface area contributed by atoms with Crippen molar-refractivity contribution in [1.82, 2.24) is 9.97 Å². The van der Waals surface area contributed by atoms with Crippen molar-refractivity contribution in [3.63, 3.8) is 0 Å². The summed E-state index contributed by atoms with van der Waals surface area (Å²) in [4.78, 5) is 20.7. The smallest absolute Gasteiger partial charge is 0.338 e. The van der Waals surface area contributed by atoms with Gasteiger partial charge in [0.05, 0.1) is 32.2 Å². The molecule has 0 fully saturated rings. The van der Waals surface area contributed by atoms with E-state index in [1.807, 2.05) is 24.3 Å². The molecule has 4 nitrogen and oxygen atoms in total. The Labute approximate surface area is 213 Å². The van der Waals surface area contributed by atoms with Crippen molar-refractivity contribution in [2.75, 3.05) is 5.32 Å². The number of carbonyl (C=O) groups is 1. The summed E-state index contributed by atoms with van der Waals surface area (Å²) in [7, 11) is 0. The van der Waals surface area contributed by atoms with E-state index in [2.05, 4.69) is 15.3 Å². The lowest BCUT2D eigenvalue weighted by atomic mass is 10.0. The molecule has 0 aliphatic heterocycles. The number of hydrogen-bond acceptors (Lipinski definition) is 2. The van der Waals surface area contributed by atoms with Gasteiger partial charge in [-0.15, -0.1) is 0 Å². The summed E-state index contributed by atoms with van der Waals surface area (Å²) in [6.45, 7) is 0. The van der Waals surface area contributed by atoms with E-state index in [1.165, 1.54) is 18.2 Å². The standard InChI is InChI=1S/C27H16Cl2F3N3O/c28-21-12-10-18(14-20(21)25-34-23-3-1-2-4-24(23)35-25)33-26(36)19-11-7-16(13-22(19)29)15-5-8-17(9-6-15)27(30,31)32/h1-14H,(H,33,36)(H,34,35). The van der Waals surface area contributed by atoms with E-state index in [9.17, 15) is 18.0 Å². The fourth-order valence-corrected chi connectivity index (χ4v) is 4.27. The summed E-state index contributed by atoms with van der Waals surface area (Å²) in [5.74, 6) is 0.119. The minimum atomic E-state index is -4.41. The molecule has 1 amide bonds. The van der Waals surface area contributed by atoms with Crippen LogP contribution < -0.4 is 5.32 Å². The highest BCUT2D eigenvalue weighted by molar-refractivity contribution is 6.35. The maximum absolute atomic E-state index is 12.9. The molecule has 2 N–H and O–H groups in total. The Hall–Kier alpha value is -3.81. The number of rotatable bonds is 4. The molecule has 0 radical (unpaired) electrons. The molecule has 36 heavy (non-hydrogen) atoms. The van der Waals surface area contributed by atoms with E-state index >= 15 is 0 Å². The molecule has 0 unspecified atom stereocenters. The van der Waals surface area contributed by atoms with Gasteiger partial charge < -0.3 is 10.3 Å². The number of imidazole rings is 1. The Morgan fingerprint density at radius 1 is 0.833 bits per heavy atom. The van der Waals surface area contributed by atoms with Crippen LogP contribution in [0.5, 0.6) is 0 Å². The van der Waals surface area contributed by atoms with Gasteiger partial charge in [-0.1, -0.05) is 53.5 Å². The van der Waals surface area contributed by atoms with Crippen LogP contribution in [0.1, 0.15) is 15.9 Å². The third kappa shape index (κ3) is 4.80. The number of H-pyrrole nitrogens is 1. The number of aromatic amines is 1. The van der Waals surface area contributed by atoms with Gasteiger partial charge in [-0.25, -0.2) is 4.98 Å². The van der Waals surface area contributed by atoms with E-state index < -0.39 is 17.6 Å². The first kappa shape index (κ1) is 23.9. The van der Waals surface area contributed by atoms with E-state index in [-0.39, 0.29) is 10.6 Å². The van der Waals surface area contributed by atoms with Crippen LogP contribution in [0.4, 0.5) is 18.9 Å². The van der Waals surface area contributed by atoms with Crippen LogP contribution in [0.25, 0.3) is 33.5 Å². The van der Waals surface area contributed by atoms with Crippen molar-refractivity contribution in [3.8, 4) is 22.5 Å². The van der Waals surface area contributed by atoms with Crippen molar-refractivity contribution >= 4 is 45.8 Å². The van der Waals surface area contributed by atoms with Crippen LogP contribution in [0.2, 0.25) is 10.0 Å². The van der Waals surface area contributed by atoms with Crippen LogP contribution in [0.3, 0.4) is 0 Å². The Bertz CT molecular complexity index is 1560. The van der Waals surface area contributed by atoms with Gasteiger partial charge in [0.2, 0.25) is 0 Å². The van der Waals surface area contributed by atoms with Gasteiger partial charge in [-0.2, -0.15) is 13.2 Å². The molecule has 1 heterocycles. The predicted molar refractivity (Wildman–Crippen MR) is 136 cm³/mol. The number of alkyl halides is 3. The maximum atomic E-state index is 12.9. The number of fused-ring (bicyclic) bond motifs is 1. The lowest BCUT2D eigenvalue weighted by Gasteiger charge is -2.11. The zero-order valence-electron chi connectivity index (χ0n) is 18.3. The summed E-state index contributed by atoms with van der Waals surface area (Å²) in [6.07, 6.45) is -4.41. The Balaban J connectivity index is 1.37. The van der Waals surface area contributed by atoms with Gasteiger partial charge in [0, 0.05) is 11.3 Å². The first-order valence-corrected chi connectivity index (χ1v) is 11.5. The third-order valence-corrected chi connectivity index (χ3v) is 6.27. The van der Waals surface area contributed by atoms with Gasteiger partial charge in [-0.05, 0) is 65.7 Å². The minimum Gasteiger partial charge on any atom is -0.338 e. The third-order valence-electron chi connectivity index (χ3n) is 5.63. The van der Waals surface area contributed by atoms with Gasteiger partial charge >= 0.3 is 6.18 Å². The second-order valence-corrected chi connectivity index (χ2v) is 8.84. The number of amides is 1. The van der Waals surface area contributed by atoms with Gasteiger partial charge in [0.1, 0.15) is 5.82 Å². The van der Waals surface area contributed by atoms with Gasteiger partial charge in [0.15, 0.2) is 0 Å². The second-order valence-electron chi connectivity index (χ2n) is 8.02. The fraction of sp³-hybridized carbons (Fsp3) is 0.0370. The first-order chi connectivity index (χ1) is 17.2. The number of halogens is 5. The molecule has 0 atom stereocenters. The van der Waals surface area contributed by atoms with Crippen molar-refractivity contribution in [1.29, 1.82) is 0 Å². The zero-order chi connectivity index (χ0) is 25.4. The highest BCUT2D eigenvalue weighted by Gasteiger charge is 2.30. The average molecular weight is 526 g/mol. The fourth-order valence-electron chi connectivity index (χ4n) is 3.79. The maximum Gasteiger partial charge on any atom is 0.416 e. The lowest BCUT2D eigenvalue weighted by molar-refractivity contribution is -0.137. The molecule has 1 aromatic heterocycles. The van der Waals surface area contributed by atoms with E-state index in [1.54, 1.807) is 30.3 Å². The molecule has 0 saturated carbocycles. The van der Waals surface area contributed by atoms with Crippen molar-refractivity contribution < 1.29 is 18.0 Å². The van der Waals surface area contributed by atoms with Crippen molar-refractivity contribution in [2.24, 2.45) is 0 Å². The topological polar surface area (TPSA) is 57.8 Å². The molecule has 0 spiro atoms. The average Bonchev–Trinajstić information content (AvgIpc) is 3.29. The van der Waals surface area contributed by atoms with Crippen LogP contribution in [0, 0.1) is 0 Å². The summed E-state index contributed by atoms with van der Waals surface area (Å²) in [6, 6.07) is 22.0. The second kappa shape index (κ2) is 9.33. The predicted octanol–water partition coefficient (Wildman–Crippen LogP) is 8.47. The summed E-state index contributed by atoms with van der Waals surface area (Å²) in [5, 5.41) is 3.43. The van der Waals surface area contributed by atoms with Gasteiger partial charge in [-0.3, -0.25) is 4.79 Å².